The van der Waals surface area contributed by atoms with Crippen LogP contribution in [0.4, 0.5) is 0 Å². The van der Waals surface area contributed by atoms with Gasteiger partial charge >= 0.3 is 0 Å². The highest BCUT2D eigenvalue weighted by Gasteiger charge is 2.15. The van der Waals surface area contributed by atoms with E-state index in [4.69, 9.17) is 4.74 Å². The second-order valence-electron chi connectivity index (χ2n) is 2.98. The van der Waals surface area contributed by atoms with E-state index in [-0.39, 0.29) is 11.9 Å². The van der Waals surface area contributed by atoms with Crippen molar-refractivity contribution in [3.8, 4) is 0 Å². The minimum atomic E-state index is -0.0958. The number of hydrogen-bond acceptors (Lipinski definition) is 3. The average molecular weight is 201 g/mol. The van der Waals surface area contributed by atoms with Crippen molar-refractivity contribution >= 4 is 17.7 Å². The summed E-state index contributed by atoms with van der Waals surface area (Å²) in [5.74, 6) is 1.29. The molecule has 1 amide bonds. The average Bonchev–Trinajstić information content (AvgIpc) is 2.19. The highest BCUT2D eigenvalue weighted by molar-refractivity contribution is 8.02. The molecule has 0 bridgehead atoms. The lowest BCUT2D eigenvalue weighted by molar-refractivity contribution is -0.121. The quantitative estimate of drug-likeness (QED) is 0.752. The normalized spacial score (nSPS) is 18.5. The first-order chi connectivity index (χ1) is 6.24. The van der Waals surface area contributed by atoms with Crippen LogP contribution in [0.15, 0.2) is 11.2 Å². The van der Waals surface area contributed by atoms with Gasteiger partial charge in [-0.1, -0.05) is 6.92 Å². The Kier molecular flexibility index (Phi) is 4.15. The zero-order valence-corrected chi connectivity index (χ0v) is 8.82. The third kappa shape index (κ3) is 3.30. The zero-order valence-electron chi connectivity index (χ0n) is 8.00. The molecule has 0 saturated heterocycles. The van der Waals surface area contributed by atoms with Gasteiger partial charge in [-0.3, -0.25) is 4.79 Å². The van der Waals surface area contributed by atoms with Crippen LogP contribution in [0.25, 0.3) is 0 Å². The molecule has 74 valence electrons. The fraction of sp³-hybridized carbons (Fsp3) is 0.667. The summed E-state index contributed by atoms with van der Waals surface area (Å²) in [7, 11) is 0. The summed E-state index contributed by atoms with van der Waals surface area (Å²) in [5.41, 5.74) is 0. The molecule has 0 aliphatic carbocycles. The number of ether oxygens (including phenoxy) is 1. The summed E-state index contributed by atoms with van der Waals surface area (Å²) in [5, 5.41) is 4.63. The Hall–Kier alpha value is -0.640. The number of rotatable bonds is 3. The fourth-order valence-electron chi connectivity index (χ4n) is 0.884. The van der Waals surface area contributed by atoms with Crippen LogP contribution < -0.4 is 5.32 Å². The van der Waals surface area contributed by atoms with Crippen molar-refractivity contribution in [3.05, 3.63) is 11.2 Å². The maximum Gasteiger partial charge on any atom is 0.287 e. The SMILES string of the molecule is CCC(C)NC(=O)C1=CSCCO1. The number of hydrogen-bond donors (Lipinski definition) is 1. The van der Waals surface area contributed by atoms with Crippen molar-refractivity contribution in [3.63, 3.8) is 0 Å². The second kappa shape index (κ2) is 5.17. The second-order valence-corrected chi connectivity index (χ2v) is 3.96. The highest BCUT2D eigenvalue weighted by atomic mass is 32.2. The number of nitrogens with one attached hydrogen (secondary N) is 1. The largest absolute Gasteiger partial charge is 0.487 e. The predicted molar refractivity (Wildman–Crippen MR) is 54.4 cm³/mol. The van der Waals surface area contributed by atoms with Gasteiger partial charge in [0.2, 0.25) is 0 Å². The van der Waals surface area contributed by atoms with Gasteiger partial charge in [0.15, 0.2) is 5.76 Å². The molecule has 0 saturated carbocycles. The predicted octanol–water partition coefficient (Wildman–Crippen LogP) is 1.51. The van der Waals surface area contributed by atoms with E-state index in [9.17, 15) is 4.79 Å². The van der Waals surface area contributed by atoms with Gasteiger partial charge in [0.1, 0.15) is 0 Å². The first-order valence-corrected chi connectivity index (χ1v) is 5.54. The van der Waals surface area contributed by atoms with E-state index < -0.39 is 0 Å². The number of amides is 1. The Balaban J connectivity index is 2.42. The Morgan fingerprint density at radius 2 is 2.62 bits per heavy atom. The van der Waals surface area contributed by atoms with E-state index in [0.29, 0.717) is 12.4 Å². The lowest BCUT2D eigenvalue weighted by atomic mass is 10.2. The molecular formula is C9H15NO2S. The van der Waals surface area contributed by atoms with Crippen molar-refractivity contribution in [2.45, 2.75) is 26.3 Å². The number of carbonyl (C=O) groups is 1. The van der Waals surface area contributed by atoms with E-state index >= 15 is 0 Å². The first-order valence-electron chi connectivity index (χ1n) is 4.49. The summed E-state index contributed by atoms with van der Waals surface area (Å²) >= 11 is 1.62. The summed E-state index contributed by atoms with van der Waals surface area (Å²) in [4.78, 5) is 11.4. The molecule has 13 heavy (non-hydrogen) atoms. The molecule has 0 aromatic rings. The molecule has 4 heteroatoms. The van der Waals surface area contributed by atoms with Gasteiger partial charge in [0, 0.05) is 17.2 Å². The molecule has 1 atom stereocenters. The standard InChI is InChI=1S/C9H15NO2S/c1-3-7(2)10-9(11)8-6-13-5-4-12-8/h6-7H,3-5H2,1-2H3,(H,10,11). The van der Waals surface area contributed by atoms with Gasteiger partial charge in [-0.15, -0.1) is 11.8 Å². The van der Waals surface area contributed by atoms with Gasteiger partial charge in [0.25, 0.3) is 5.91 Å². The van der Waals surface area contributed by atoms with E-state index in [0.717, 1.165) is 12.2 Å². The van der Waals surface area contributed by atoms with Crippen LogP contribution in [0.2, 0.25) is 0 Å². The lowest BCUT2D eigenvalue weighted by Crippen LogP contribution is -2.34. The molecule has 1 rings (SSSR count). The fourth-order valence-corrected chi connectivity index (χ4v) is 1.51. The van der Waals surface area contributed by atoms with Crippen molar-refractivity contribution in [1.29, 1.82) is 0 Å². The molecular weight excluding hydrogens is 186 g/mol. The number of thioether (sulfide) groups is 1. The Bertz CT molecular complexity index is 216. The summed E-state index contributed by atoms with van der Waals surface area (Å²) in [6.07, 6.45) is 0.937. The van der Waals surface area contributed by atoms with E-state index in [1.807, 2.05) is 13.8 Å². The van der Waals surface area contributed by atoms with E-state index in [1.54, 1.807) is 17.2 Å². The van der Waals surface area contributed by atoms with Gasteiger partial charge in [-0.05, 0) is 13.3 Å². The molecule has 0 aromatic heterocycles. The van der Waals surface area contributed by atoms with Crippen molar-refractivity contribution in [1.82, 2.24) is 5.32 Å². The van der Waals surface area contributed by atoms with Crippen LogP contribution in [0.5, 0.6) is 0 Å². The van der Waals surface area contributed by atoms with Gasteiger partial charge in [0.05, 0.1) is 6.61 Å². The third-order valence-corrected chi connectivity index (χ3v) is 2.65. The summed E-state index contributed by atoms with van der Waals surface area (Å²) in [6, 6.07) is 0.212. The highest BCUT2D eigenvalue weighted by Crippen LogP contribution is 2.14. The Labute approximate surface area is 82.9 Å². The van der Waals surface area contributed by atoms with Crippen LogP contribution in [-0.2, 0) is 9.53 Å². The smallest absolute Gasteiger partial charge is 0.287 e. The summed E-state index contributed by atoms with van der Waals surface area (Å²) in [6.45, 7) is 4.65. The third-order valence-electron chi connectivity index (χ3n) is 1.86. The minimum Gasteiger partial charge on any atom is -0.487 e. The molecule has 0 aromatic carbocycles. The molecule has 1 heterocycles. The molecule has 0 spiro atoms. The lowest BCUT2D eigenvalue weighted by Gasteiger charge is -2.16. The summed E-state index contributed by atoms with van der Waals surface area (Å²) < 4.78 is 5.21. The number of carbonyl (C=O) groups excluding carboxylic acids is 1. The van der Waals surface area contributed by atoms with Crippen LogP contribution in [0, 0.1) is 0 Å². The Morgan fingerprint density at radius 1 is 1.85 bits per heavy atom. The van der Waals surface area contributed by atoms with Crippen LogP contribution in [0.3, 0.4) is 0 Å². The minimum absolute atomic E-state index is 0.0958. The van der Waals surface area contributed by atoms with Crippen LogP contribution in [-0.4, -0.2) is 24.3 Å². The van der Waals surface area contributed by atoms with E-state index in [1.165, 1.54) is 0 Å². The van der Waals surface area contributed by atoms with Crippen molar-refractivity contribution in [2.24, 2.45) is 0 Å². The molecule has 1 unspecified atom stereocenters. The maximum atomic E-state index is 11.4. The van der Waals surface area contributed by atoms with Gasteiger partial charge in [-0.25, -0.2) is 0 Å². The van der Waals surface area contributed by atoms with Crippen LogP contribution >= 0.6 is 11.8 Å². The molecule has 1 aliphatic heterocycles. The van der Waals surface area contributed by atoms with Gasteiger partial charge < -0.3 is 10.1 Å². The molecule has 0 radical (unpaired) electrons. The van der Waals surface area contributed by atoms with E-state index in [2.05, 4.69) is 5.32 Å². The molecule has 3 nitrogen and oxygen atoms in total. The monoisotopic (exact) mass is 201 g/mol. The topological polar surface area (TPSA) is 38.3 Å². The Morgan fingerprint density at radius 3 is 3.15 bits per heavy atom. The van der Waals surface area contributed by atoms with Crippen molar-refractivity contribution in [2.75, 3.05) is 12.4 Å². The zero-order chi connectivity index (χ0) is 9.68. The van der Waals surface area contributed by atoms with Crippen LogP contribution in [0.1, 0.15) is 20.3 Å². The maximum absolute atomic E-state index is 11.4. The molecule has 0 fully saturated rings. The first kappa shape index (κ1) is 10.4. The molecule has 1 aliphatic rings. The van der Waals surface area contributed by atoms with Gasteiger partial charge in [-0.2, -0.15) is 0 Å². The molecule has 1 N–H and O–H groups in total. The van der Waals surface area contributed by atoms with Crippen molar-refractivity contribution < 1.29 is 9.53 Å².